The third kappa shape index (κ3) is 5.09. The number of aliphatic hydroxyl groups is 1. The molecule has 0 atom stereocenters. The molecule has 0 aliphatic rings. The molecule has 0 aliphatic heterocycles. The lowest BCUT2D eigenvalue weighted by Gasteiger charge is -2.39. The first kappa shape index (κ1) is 24.1. The van der Waals surface area contributed by atoms with Gasteiger partial charge in [-0.2, -0.15) is 25.2 Å². The molecule has 0 amide bonds. The van der Waals surface area contributed by atoms with E-state index in [1.807, 2.05) is 0 Å². The zero-order valence-corrected chi connectivity index (χ0v) is 18.4. The number of rotatable bonds is 9. The lowest BCUT2D eigenvalue weighted by Crippen LogP contribution is -2.27. The minimum Gasteiger partial charge on any atom is -0.494 e. The number of halogens is 3. The van der Waals surface area contributed by atoms with Gasteiger partial charge < -0.3 is 9.84 Å². The summed E-state index contributed by atoms with van der Waals surface area (Å²) in [6.45, 7) is 0.209. The Labute approximate surface area is 186 Å². The number of ether oxygens (including phenoxy) is 1. The Hall–Kier alpha value is -2.53. The molecule has 172 valence electrons. The molecule has 0 unspecified atom stereocenters. The summed E-state index contributed by atoms with van der Waals surface area (Å²) in [4.78, 5) is 0.818. The van der Waals surface area contributed by atoms with E-state index in [0.29, 0.717) is 12.2 Å². The topological polar surface area (TPSA) is 72.8 Å². The van der Waals surface area contributed by atoms with Crippen LogP contribution >= 0.6 is 10.3 Å². The lowest BCUT2D eigenvalue weighted by atomic mass is 10.3. The van der Waals surface area contributed by atoms with E-state index in [-0.39, 0.29) is 27.9 Å². The van der Waals surface area contributed by atoms with Crippen molar-refractivity contribution >= 4 is 20.4 Å². The fraction of sp³-hybridized carbons (Fsp3) is 0.182. The average Bonchev–Trinajstić information content (AvgIpc) is 2.79. The predicted octanol–water partition coefficient (Wildman–Crippen LogP) is 5.51. The van der Waals surface area contributed by atoms with Crippen molar-refractivity contribution in [2.45, 2.75) is 26.6 Å². The van der Waals surface area contributed by atoms with E-state index in [1.165, 1.54) is 24.3 Å². The number of hydrogen-bond acceptors (Lipinski definition) is 5. The standard InChI is InChI=1S/C22H21F3O5S2/c23-22(24,25)32(27,28)30-31(19-8-3-1-4-9-19,20-10-5-2-6-11-20)21-14-12-18(13-15-21)29-17-7-16-26/h1-6,8-15,26H,7,16-17H2. The SMILES string of the molecule is O=S(=O)(OS(c1ccccc1)(c1ccccc1)c1ccc(OCCCO)cc1)C(F)(F)F. The molecule has 0 bridgehead atoms. The summed E-state index contributed by atoms with van der Waals surface area (Å²) in [6.07, 6.45) is 0.415. The van der Waals surface area contributed by atoms with Gasteiger partial charge in [0.25, 0.3) is 0 Å². The van der Waals surface area contributed by atoms with Gasteiger partial charge in [-0.15, -0.1) is 0 Å². The number of alkyl halides is 3. The molecule has 32 heavy (non-hydrogen) atoms. The second-order valence-electron chi connectivity index (χ2n) is 6.55. The molecule has 0 saturated carbocycles. The molecule has 0 aliphatic carbocycles. The quantitative estimate of drug-likeness (QED) is 0.319. The zero-order chi connectivity index (χ0) is 23.2. The van der Waals surface area contributed by atoms with Gasteiger partial charge in [-0.3, -0.25) is 0 Å². The molecule has 3 aromatic rings. The van der Waals surface area contributed by atoms with Gasteiger partial charge >= 0.3 is 15.6 Å². The molecule has 0 aromatic heterocycles. The molecule has 0 fully saturated rings. The van der Waals surface area contributed by atoms with Crippen LogP contribution in [0.3, 0.4) is 0 Å². The summed E-state index contributed by atoms with van der Waals surface area (Å²) in [5.74, 6) is 0.426. The summed E-state index contributed by atoms with van der Waals surface area (Å²) >= 11 is 0. The molecule has 0 saturated heterocycles. The maximum atomic E-state index is 13.4. The highest BCUT2D eigenvalue weighted by atomic mass is 32.3. The van der Waals surface area contributed by atoms with Crippen LogP contribution in [0.15, 0.2) is 99.6 Å². The van der Waals surface area contributed by atoms with Crippen LogP contribution in [-0.2, 0) is 13.7 Å². The van der Waals surface area contributed by atoms with Gasteiger partial charge in [0, 0.05) is 27.7 Å². The molecule has 0 heterocycles. The van der Waals surface area contributed by atoms with E-state index in [2.05, 4.69) is 0 Å². The number of benzene rings is 3. The average molecular weight is 487 g/mol. The fourth-order valence-corrected chi connectivity index (χ4v) is 7.65. The summed E-state index contributed by atoms with van der Waals surface area (Å²) in [5, 5.41) is 8.88. The molecule has 3 aromatic carbocycles. The third-order valence-corrected chi connectivity index (χ3v) is 9.26. The first-order chi connectivity index (χ1) is 15.2. The van der Waals surface area contributed by atoms with Gasteiger partial charge in [-0.1, -0.05) is 36.4 Å². The van der Waals surface area contributed by atoms with Crippen molar-refractivity contribution in [2.24, 2.45) is 0 Å². The second kappa shape index (κ2) is 9.95. The molecule has 5 nitrogen and oxygen atoms in total. The normalized spacial score (nSPS) is 13.0. The molecule has 0 spiro atoms. The Morgan fingerprint density at radius 1 is 0.750 bits per heavy atom. The van der Waals surface area contributed by atoms with E-state index >= 15 is 0 Å². The van der Waals surface area contributed by atoms with Crippen LogP contribution in [0.5, 0.6) is 5.75 Å². The van der Waals surface area contributed by atoms with E-state index in [4.69, 9.17) is 13.5 Å². The molecule has 3 rings (SSSR count). The van der Waals surface area contributed by atoms with Crippen molar-refractivity contribution in [1.29, 1.82) is 0 Å². The van der Waals surface area contributed by atoms with E-state index in [9.17, 15) is 21.6 Å². The highest BCUT2D eigenvalue weighted by Crippen LogP contribution is 2.70. The van der Waals surface area contributed by atoms with Crippen molar-refractivity contribution in [1.82, 2.24) is 0 Å². The van der Waals surface area contributed by atoms with Gasteiger partial charge in [-0.25, -0.2) is 0 Å². The first-order valence-electron chi connectivity index (χ1n) is 9.50. The molecule has 0 radical (unpaired) electrons. The molecule has 10 heteroatoms. The van der Waals surface area contributed by atoms with Crippen LogP contribution in [0.25, 0.3) is 0 Å². The van der Waals surface area contributed by atoms with Crippen molar-refractivity contribution in [2.75, 3.05) is 13.2 Å². The lowest BCUT2D eigenvalue weighted by molar-refractivity contribution is -0.0496. The predicted molar refractivity (Wildman–Crippen MR) is 115 cm³/mol. The minimum absolute atomic E-state index is 0.0451. The maximum Gasteiger partial charge on any atom is 0.524 e. The van der Waals surface area contributed by atoms with Gasteiger partial charge in [0.1, 0.15) is 5.75 Å². The van der Waals surface area contributed by atoms with Gasteiger partial charge in [-0.05, 0) is 58.8 Å². The van der Waals surface area contributed by atoms with Crippen LogP contribution in [0.2, 0.25) is 0 Å². The van der Waals surface area contributed by atoms with E-state index < -0.39 is 25.9 Å². The first-order valence-corrected chi connectivity index (χ1v) is 12.5. The minimum atomic E-state index is -5.95. The molecule has 1 N–H and O–H groups in total. The highest BCUT2D eigenvalue weighted by Gasteiger charge is 2.52. The highest BCUT2D eigenvalue weighted by molar-refractivity contribution is 8.33. The monoisotopic (exact) mass is 486 g/mol. The summed E-state index contributed by atoms with van der Waals surface area (Å²) < 4.78 is 75.4. The van der Waals surface area contributed by atoms with Gasteiger partial charge in [0.15, 0.2) is 0 Å². The van der Waals surface area contributed by atoms with Crippen LogP contribution in [0.4, 0.5) is 13.2 Å². The summed E-state index contributed by atoms with van der Waals surface area (Å²) in [6, 6.07) is 22.0. The fourth-order valence-electron chi connectivity index (χ4n) is 2.91. The Morgan fingerprint density at radius 2 is 1.22 bits per heavy atom. The van der Waals surface area contributed by atoms with Crippen LogP contribution in [0.1, 0.15) is 6.42 Å². The van der Waals surface area contributed by atoms with Crippen molar-refractivity contribution < 1.29 is 35.1 Å². The molecular weight excluding hydrogens is 465 g/mol. The maximum absolute atomic E-state index is 13.4. The van der Waals surface area contributed by atoms with Crippen molar-refractivity contribution in [3.05, 3.63) is 84.9 Å². The third-order valence-electron chi connectivity index (χ3n) is 4.35. The van der Waals surface area contributed by atoms with Crippen molar-refractivity contribution in [3.8, 4) is 5.75 Å². The largest absolute Gasteiger partial charge is 0.524 e. The van der Waals surface area contributed by atoms with Crippen LogP contribution < -0.4 is 4.74 Å². The van der Waals surface area contributed by atoms with Crippen LogP contribution in [-0.4, -0.2) is 32.2 Å². The van der Waals surface area contributed by atoms with Gasteiger partial charge in [0.05, 0.1) is 6.61 Å². The number of aliphatic hydroxyl groups excluding tert-OH is 1. The zero-order valence-electron chi connectivity index (χ0n) is 16.7. The Bertz CT molecular complexity index is 1060. The Morgan fingerprint density at radius 3 is 1.66 bits per heavy atom. The molecular formula is C22H21F3O5S2. The Balaban J connectivity index is 2.22. The summed E-state index contributed by atoms with van der Waals surface area (Å²) in [7, 11) is -9.27. The summed E-state index contributed by atoms with van der Waals surface area (Å²) in [5.41, 5.74) is -5.60. The number of hydrogen-bond donors (Lipinski definition) is 1. The van der Waals surface area contributed by atoms with E-state index in [0.717, 1.165) is 0 Å². The van der Waals surface area contributed by atoms with Crippen LogP contribution in [0, 0.1) is 0 Å². The smallest absolute Gasteiger partial charge is 0.494 e. The Kier molecular flexibility index (Phi) is 7.50. The van der Waals surface area contributed by atoms with E-state index in [1.54, 1.807) is 60.7 Å². The second-order valence-corrected chi connectivity index (χ2v) is 11.0. The van der Waals surface area contributed by atoms with Gasteiger partial charge in [0.2, 0.25) is 0 Å². The van der Waals surface area contributed by atoms with Crippen molar-refractivity contribution in [3.63, 3.8) is 0 Å².